The lowest BCUT2D eigenvalue weighted by molar-refractivity contribution is 0.0737. The predicted octanol–water partition coefficient (Wildman–Crippen LogP) is 1.45. The number of nitrogens with two attached hydrogens (primary N) is 1. The molecule has 4 nitrogen and oxygen atoms in total. The summed E-state index contributed by atoms with van der Waals surface area (Å²) in [5, 5.41) is 0. The Labute approximate surface area is 103 Å². The fourth-order valence-corrected chi connectivity index (χ4v) is 1.67. The first-order valence-electron chi connectivity index (χ1n) is 6.01. The highest BCUT2D eigenvalue weighted by Gasteiger charge is 2.18. The van der Waals surface area contributed by atoms with Crippen LogP contribution in [0, 0.1) is 12.8 Å². The molecule has 0 saturated carbocycles. The van der Waals surface area contributed by atoms with Gasteiger partial charge in [-0.3, -0.25) is 9.78 Å². The first-order chi connectivity index (χ1) is 8.10. The summed E-state index contributed by atoms with van der Waals surface area (Å²) in [7, 11) is 0. The van der Waals surface area contributed by atoms with Crippen LogP contribution in [-0.4, -0.2) is 35.4 Å². The van der Waals surface area contributed by atoms with E-state index >= 15 is 0 Å². The average molecular weight is 235 g/mol. The maximum atomic E-state index is 12.3. The van der Waals surface area contributed by atoms with Gasteiger partial charge in [0.1, 0.15) is 5.69 Å². The zero-order chi connectivity index (χ0) is 12.8. The molecule has 4 heteroatoms. The Morgan fingerprint density at radius 2 is 2.29 bits per heavy atom. The summed E-state index contributed by atoms with van der Waals surface area (Å²) in [4.78, 5) is 18.2. The molecule has 2 N–H and O–H groups in total. The van der Waals surface area contributed by atoms with Crippen molar-refractivity contribution in [3.8, 4) is 0 Å². The molecule has 0 aromatic carbocycles. The third-order valence-corrected chi connectivity index (χ3v) is 2.82. The lowest BCUT2D eigenvalue weighted by Crippen LogP contribution is -2.37. The number of aromatic nitrogens is 1. The van der Waals surface area contributed by atoms with E-state index in [4.69, 9.17) is 5.73 Å². The van der Waals surface area contributed by atoms with Crippen LogP contribution in [0.1, 0.15) is 29.9 Å². The van der Waals surface area contributed by atoms with Crippen LogP contribution in [0.4, 0.5) is 0 Å². The largest absolute Gasteiger partial charge is 0.337 e. The number of hydrogen-bond donors (Lipinski definition) is 1. The Kier molecular flexibility index (Phi) is 5.10. The van der Waals surface area contributed by atoms with E-state index < -0.39 is 0 Å². The molecule has 0 bridgehead atoms. The van der Waals surface area contributed by atoms with Crippen molar-refractivity contribution >= 4 is 5.91 Å². The van der Waals surface area contributed by atoms with Gasteiger partial charge in [-0.05, 0) is 37.9 Å². The topological polar surface area (TPSA) is 59.2 Å². The lowest BCUT2D eigenvalue weighted by Gasteiger charge is -2.24. The second kappa shape index (κ2) is 6.35. The van der Waals surface area contributed by atoms with Crippen LogP contribution in [0.15, 0.2) is 18.3 Å². The van der Waals surface area contributed by atoms with Crippen molar-refractivity contribution < 1.29 is 4.79 Å². The Morgan fingerprint density at radius 3 is 2.82 bits per heavy atom. The molecule has 0 spiro atoms. The average Bonchev–Trinajstić information content (AvgIpc) is 2.35. The first-order valence-corrected chi connectivity index (χ1v) is 6.01. The van der Waals surface area contributed by atoms with E-state index in [1.807, 2.05) is 32.9 Å². The molecular formula is C13H21N3O. The molecule has 1 aromatic heterocycles. The molecule has 0 saturated heterocycles. The van der Waals surface area contributed by atoms with Crippen LogP contribution in [0.5, 0.6) is 0 Å². The Hall–Kier alpha value is -1.42. The monoisotopic (exact) mass is 235 g/mol. The molecule has 0 aliphatic heterocycles. The SMILES string of the molecule is CCN(CC(C)CN)C(=O)c1ncccc1C. The molecule has 1 amide bonds. The summed E-state index contributed by atoms with van der Waals surface area (Å²) in [6.45, 7) is 7.87. The number of amides is 1. The molecule has 17 heavy (non-hydrogen) atoms. The van der Waals surface area contributed by atoms with Crippen LogP contribution in [-0.2, 0) is 0 Å². The summed E-state index contributed by atoms with van der Waals surface area (Å²) in [5.74, 6) is 0.300. The highest BCUT2D eigenvalue weighted by molar-refractivity contribution is 5.93. The molecule has 1 heterocycles. The molecule has 0 fully saturated rings. The highest BCUT2D eigenvalue weighted by atomic mass is 16.2. The van der Waals surface area contributed by atoms with Crippen molar-refractivity contribution in [1.82, 2.24) is 9.88 Å². The molecule has 1 rings (SSSR count). The van der Waals surface area contributed by atoms with Crippen LogP contribution >= 0.6 is 0 Å². The van der Waals surface area contributed by atoms with Crippen molar-refractivity contribution in [2.24, 2.45) is 11.7 Å². The first kappa shape index (κ1) is 13.6. The van der Waals surface area contributed by atoms with Gasteiger partial charge in [-0.1, -0.05) is 13.0 Å². The van der Waals surface area contributed by atoms with E-state index in [0.29, 0.717) is 31.2 Å². The minimum atomic E-state index is -0.00843. The van der Waals surface area contributed by atoms with E-state index in [-0.39, 0.29) is 5.91 Å². The minimum absolute atomic E-state index is 0.00843. The molecular weight excluding hydrogens is 214 g/mol. The maximum absolute atomic E-state index is 12.3. The Morgan fingerprint density at radius 1 is 1.59 bits per heavy atom. The smallest absolute Gasteiger partial charge is 0.272 e. The van der Waals surface area contributed by atoms with Crippen molar-refractivity contribution in [2.45, 2.75) is 20.8 Å². The van der Waals surface area contributed by atoms with E-state index in [2.05, 4.69) is 4.98 Å². The maximum Gasteiger partial charge on any atom is 0.272 e. The van der Waals surface area contributed by atoms with Gasteiger partial charge in [0.25, 0.3) is 5.91 Å². The summed E-state index contributed by atoms with van der Waals surface area (Å²) >= 11 is 0. The molecule has 0 radical (unpaired) electrons. The fraction of sp³-hybridized carbons (Fsp3) is 0.538. The fourth-order valence-electron chi connectivity index (χ4n) is 1.67. The van der Waals surface area contributed by atoms with Crippen LogP contribution in [0.25, 0.3) is 0 Å². The van der Waals surface area contributed by atoms with Crippen LogP contribution in [0.3, 0.4) is 0 Å². The van der Waals surface area contributed by atoms with Crippen molar-refractivity contribution in [3.05, 3.63) is 29.6 Å². The normalized spacial score (nSPS) is 12.2. The standard InChI is InChI=1S/C13H21N3O/c1-4-16(9-10(2)8-14)13(17)12-11(3)6-5-7-15-12/h5-7,10H,4,8-9,14H2,1-3H3. The molecule has 1 aromatic rings. The summed E-state index contributed by atoms with van der Waals surface area (Å²) in [5.41, 5.74) is 7.04. The number of nitrogens with zero attached hydrogens (tertiary/aromatic N) is 2. The van der Waals surface area contributed by atoms with E-state index in [9.17, 15) is 4.79 Å². The highest BCUT2D eigenvalue weighted by Crippen LogP contribution is 2.09. The zero-order valence-corrected chi connectivity index (χ0v) is 10.8. The Balaban J connectivity index is 2.83. The predicted molar refractivity (Wildman–Crippen MR) is 68.8 cm³/mol. The lowest BCUT2D eigenvalue weighted by atomic mass is 10.1. The molecule has 1 unspecified atom stereocenters. The number of carbonyl (C=O) groups is 1. The van der Waals surface area contributed by atoms with Crippen molar-refractivity contribution in [3.63, 3.8) is 0 Å². The molecule has 94 valence electrons. The van der Waals surface area contributed by atoms with Gasteiger partial charge in [-0.25, -0.2) is 0 Å². The van der Waals surface area contributed by atoms with Gasteiger partial charge < -0.3 is 10.6 Å². The summed E-state index contributed by atoms with van der Waals surface area (Å²) in [6, 6.07) is 3.74. The van der Waals surface area contributed by atoms with Gasteiger partial charge in [-0.15, -0.1) is 0 Å². The molecule has 0 aliphatic carbocycles. The van der Waals surface area contributed by atoms with Crippen molar-refractivity contribution in [2.75, 3.05) is 19.6 Å². The number of rotatable bonds is 5. The number of hydrogen-bond acceptors (Lipinski definition) is 3. The quantitative estimate of drug-likeness (QED) is 0.840. The Bertz CT molecular complexity index is 379. The van der Waals surface area contributed by atoms with Crippen LogP contribution < -0.4 is 5.73 Å². The molecule has 0 aliphatic rings. The number of pyridine rings is 1. The number of carbonyl (C=O) groups excluding carboxylic acids is 1. The minimum Gasteiger partial charge on any atom is -0.337 e. The van der Waals surface area contributed by atoms with Gasteiger partial charge in [0.15, 0.2) is 0 Å². The number of aryl methyl sites for hydroxylation is 1. The second-order valence-corrected chi connectivity index (χ2v) is 4.35. The second-order valence-electron chi connectivity index (χ2n) is 4.35. The van der Waals surface area contributed by atoms with Gasteiger partial charge in [-0.2, -0.15) is 0 Å². The van der Waals surface area contributed by atoms with Gasteiger partial charge in [0.05, 0.1) is 0 Å². The summed E-state index contributed by atoms with van der Waals surface area (Å²) in [6.07, 6.45) is 1.65. The van der Waals surface area contributed by atoms with E-state index in [0.717, 1.165) is 5.56 Å². The van der Waals surface area contributed by atoms with E-state index in [1.165, 1.54) is 0 Å². The third kappa shape index (κ3) is 3.53. The van der Waals surface area contributed by atoms with Crippen LogP contribution in [0.2, 0.25) is 0 Å². The van der Waals surface area contributed by atoms with E-state index in [1.54, 1.807) is 11.1 Å². The van der Waals surface area contributed by atoms with Crippen molar-refractivity contribution in [1.29, 1.82) is 0 Å². The zero-order valence-electron chi connectivity index (χ0n) is 10.8. The summed E-state index contributed by atoms with van der Waals surface area (Å²) < 4.78 is 0. The molecule has 1 atom stereocenters. The third-order valence-electron chi connectivity index (χ3n) is 2.82. The van der Waals surface area contributed by atoms with Gasteiger partial charge >= 0.3 is 0 Å². The van der Waals surface area contributed by atoms with Gasteiger partial charge in [0, 0.05) is 19.3 Å². The van der Waals surface area contributed by atoms with Gasteiger partial charge in [0.2, 0.25) is 0 Å².